The molecule has 1 aliphatic heterocycles. The molecular formula is C18H20N2O. The van der Waals surface area contributed by atoms with Crippen molar-refractivity contribution >= 4 is 21.8 Å². The van der Waals surface area contributed by atoms with Gasteiger partial charge in [-0.15, -0.1) is 0 Å². The van der Waals surface area contributed by atoms with Gasteiger partial charge in [-0.3, -0.25) is 0 Å². The number of aromatic amines is 1. The number of fused-ring (bicyclic) bond motifs is 3. The third kappa shape index (κ3) is 2.13. The molecule has 2 N–H and O–H groups in total. The Hall–Kier alpha value is -1.84. The lowest BCUT2D eigenvalue weighted by atomic mass is 9.91. The van der Waals surface area contributed by atoms with Crippen molar-refractivity contribution < 1.29 is 4.74 Å². The van der Waals surface area contributed by atoms with E-state index in [1.165, 1.54) is 27.4 Å². The molecule has 2 aromatic carbocycles. The lowest BCUT2D eigenvalue weighted by molar-refractivity contribution is 0.178. The molecule has 1 aliphatic rings. The Morgan fingerprint density at radius 1 is 1.14 bits per heavy atom. The molecule has 4 rings (SSSR count). The molecule has 0 aliphatic carbocycles. The fourth-order valence-electron chi connectivity index (χ4n) is 3.55. The van der Waals surface area contributed by atoms with Gasteiger partial charge in [0.1, 0.15) is 0 Å². The van der Waals surface area contributed by atoms with Crippen molar-refractivity contribution in [1.82, 2.24) is 10.3 Å². The average Bonchev–Trinajstić information content (AvgIpc) is 3.15. The number of benzene rings is 2. The van der Waals surface area contributed by atoms with E-state index in [9.17, 15) is 0 Å². The summed E-state index contributed by atoms with van der Waals surface area (Å²) >= 11 is 0. The van der Waals surface area contributed by atoms with Crippen LogP contribution in [0.5, 0.6) is 0 Å². The van der Waals surface area contributed by atoms with Crippen molar-refractivity contribution in [2.24, 2.45) is 5.92 Å². The van der Waals surface area contributed by atoms with Crippen LogP contribution in [0.3, 0.4) is 0 Å². The number of aromatic nitrogens is 1. The highest BCUT2D eigenvalue weighted by atomic mass is 16.5. The van der Waals surface area contributed by atoms with Crippen molar-refractivity contribution in [3.63, 3.8) is 0 Å². The highest BCUT2D eigenvalue weighted by Crippen LogP contribution is 2.32. The van der Waals surface area contributed by atoms with Gasteiger partial charge in [0.05, 0.1) is 6.61 Å². The summed E-state index contributed by atoms with van der Waals surface area (Å²) in [6.07, 6.45) is 1.14. The van der Waals surface area contributed by atoms with E-state index in [-0.39, 0.29) is 0 Å². The second-order valence-electron chi connectivity index (χ2n) is 5.87. The molecule has 0 spiro atoms. The van der Waals surface area contributed by atoms with Crippen LogP contribution in [0.4, 0.5) is 0 Å². The second kappa shape index (κ2) is 5.17. The topological polar surface area (TPSA) is 37.0 Å². The lowest BCUT2D eigenvalue weighted by Crippen LogP contribution is -2.25. The molecule has 0 bridgehead atoms. The predicted molar refractivity (Wildman–Crippen MR) is 86.5 cm³/mol. The Balaban J connectivity index is 1.83. The molecule has 0 radical (unpaired) electrons. The third-order valence-corrected chi connectivity index (χ3v) is 4.64. The number of H-pyrrole nitrogens is 1. The smallest absolute Gasteiger partial charge is 0.0513 e. The summed E-state index contributed by atoms with van der Waals surface area (Å²) in [6, 6.07) is 15.6. The Morgan fingerprint density at radius 2 is 2.00 bits per heavy atom. The Morgan fingerprint density at radius 3 is 2.81 bits per heavy atom. The van der Waals surface area contributed by atoms with Gasteiger partial charge in [0.15, 0.2) is 0 Å². The number of hydrogen-bond donors (Lipinski definition) is 2. The van der Waals surface area contributed by atoms with Gasteiger partial charge in [0.25, 0.3) is 0 Å². The number of ether oxygens (including phenoxy) is 1. The molecule has 0 amide bonds. The fraction of sp³-hybridized carbons (Fsp3) is 0.333. The van der Waals surface area contributed by atoms with Gasteiger partial charge in [-0.05, 0) is 37.2 Å². The number of hydrogen-bond acceptors (Lipinski definition) is 2. The van der Waals surface area contributed by atoms with Crippen molar-refractivity contribution in [2.45, 2.75) is 12.5 Å². The zero-order valence-electron chi connectivity index (χ0n) is 12.2. The van der Waals surface area contributed by atoms with Crippen LogP contribution in [0.25, 0.3) is 21.8 Å². The van der Waals surface area contributed by atoms with Crippen LogP contribution in [-0.2, 0) is 4.74 Å². The van der Waals surface area contributed by atoms with E-state index in [0.717, 1.165) is 19.6 Å². The van der Waals surface area contributed by atoms with E-state index in [2.05, 4.69) is 52.8 Å². The highest BCUT2D eigenvalue weighted by molar-refractivity contribution is 6.07. The van der Waals surface area contributed by atoms with Crippen LogP contribution in [0.1, 0.15) is 18.0 Å². The van der Waals surface area contributed by atoms with E-state index >= 15 is 0 Å². The second-order valence-corrected chi connectivity index (χ2v) is 5.87. The van der Waals surface area contributed by atoms with Crippen LogP contribution in [0.15, 0.2) is 42.5 Å². The molecule has 2 heterocycles. The van der Waals surface area contributed by atoms with Crippen LogP contribution >= 0.6 is 0 Å². The molecule has 108 valence electrons. The Labute approximate surface area is 124 Å². The maximum Gasteiger partial charge on any atom is 0.0513 e. The quantitative estimate of drug-likeness (QED) is 0.769. The summed E-state index contributed by atoms with van der Waals surface area (Å²) in [5, 5.41) is 6.08. The summed E-state index contributed by atoms with van der Waals surface area (Å²) < 4.78 is 5.56. The molecule has 1 aromatic heterocycles. The predicted octanol–water partition coefficient (Wildman–Crippen LogP) is 3.62. The van der Waals surface area contributed by atoms with Crippen LogP contribution in [-0.4, -0.2) is 25.2 Å². The van der Waals surface area contributed by atoms with E-state index in [1.807, 2.05) is 7.05 Å². The largest absolute Gasteiger partial charge is 0.381 e. The van der Waals surface area contributed by atoms with Gasteiger partial charge < -0.3 is 15.0 Å². The first kappa shape index (κ1) is 12.9. The van der Waals surface area contributed by atoms with Crippen LogP contribution < -0.4 is 5.32 Å². The van der Waals surface area contributed by atoms with Crippen LogP contribution in [0.2, 0.25) is 0 Å². The van der Waals surface area contributed by atoms with Gasteiger partial charge in [-0.2, -0.15) is 0 Å². The third-order valence-electron chi connectivity index (χ3n) is 4.64. The standard InChI is InChI=1S/C18H20N2O/c1-19-18(13-8-9-21-11-13)12-6-7-17-15(10-12)14-4-2-3-5-16(14)20-17/h2-7,10,13,18-20H,8-9,11H2,1H3. The number of para-hydroxylation sites is 1. The van der Waals surface area contributed by atoms with Crippen molar-refractivity contribution in [1.29, 1.82) is 0 Å². The van der Waals surface area contributed by atoms with Crippen LogP contribution in [0, 0.1) is 5.92 Å². The zero-order chi connectivity index (χ0) is 14.2. The first-order chi connectivity index (χ1) is 10.4. The number of nitrogens with one attached hydrogen (secondary N) is 2. The van der Waals surface area contributed by atoms with E-state index in [0.29, 0.717) is 12.0 Å². The first-order valence-corrected chi connectivity index (χ1v) is 7.62. The summed E-state index contributed by atoms with van der Waals surface area (Å²) in [5.74, 6) is 0.567. The minimum absolute atomic E-state index is 0.366. The summed E-state index contributed by atoms with van der Waals surface area (Å²) in [6.45, 7) is 1.75. The Kier molecular flexibility index (Phi) is 3.17. The normalized spacial score (nSPS) is 20.3. The van der Waals surface area contributed by atoms with Crippen molar-refractivity contribution in [2.75, 3.05) is 20.3 Å². The van der Waals surface area contributed by atoms with E-state index < -0.39 is 0 Å². The fourth-order valence-corrected chi connectivity index (χ4v) is 3.55. The van der Waals surface area contributed by atoms with Gasteiger partial charge in [-0.25, -0.2) is 0 Å². The molecule has 21 heavy (non-hydrogen) atoms. The summed E-state index contributed by atoms with van der Waals surface area (Å²) in [7, 11) is 2.04. The molecule has 3 nitrogen and oxygen atoms in total. The molecule has 3 heteroatoms. The summed E-state index contributed by atoms with van der Waals surface area (Å²) in [4.78, 5) is 3.49. The van der Waals surface area contributed by atoms with E-state index in [4.69, 9.17) is 4.74 Å². The van der Waals surface area contributed by atoms with Gasteiger partial charge >= 0.3 is 0 Å². The van der Waals surface area contributed by atoms with Crippen molar-refractivity contribution in [3.05, 3.63) is 48.0 Å². The maximum absolute atomic E-state index is 5.56. The number of rotatable bonds is 3. The molecule has 1 saturated heterocycles. The maximum atomic E-state index is 5.56. The Bertz CT molecular complexity index is 771. The first-order valence-electron chi connectivity index (χ1n) is 7.62. The SMILES string of the molecule is CNC(c1ccc2[nH]c3ccccc3c2c1)C1CCOC1. The van der Waals surface area contributed by atoms with Crippen molar-refractivity contribution in [3.8, 4) is 0 Å². The lowest BCUT2D eigenvalue weighted by Gasteiger charge is -2.22. The molecule has 2 atom stereocenters. The minimum Gasteiger partial charge on any atom is -0.381 e. The molecule has 3 aromatic rings. The molecular weight excluding hydrogens is 260 g/mol. The zero-order valence-corrected chi connectivity index (χ0v) is 12.2. The molecule has 1 fully saturated rings. The average molecular weight is 280 g/mol. The van der Waals surface area contributed by atoms with Gasteiger partial charge in [0.2, 0.25) is 0 Å². The molecule has 0 saturated carbocycles. The highest BCUT2D eigenvalue weighted by Gasteiger charge is 2.26. The minimum atomic E-state index is 0.366. The summed E-state index contributed by atoms with van der Waals surface area (Å²) in [5.41, 5.74) is 3.76. The molecule has 2 unspecified atom stereocenters. The van der Waals surface area contributed by atoms with E-state index in [1.54, 1.807) is 0 Å². The van der Waals surface area contributed by atoms with Gasteiger partial charge in [0, 0.05) is 40.4 Å². The van der Waals surface area contributed by atoms with Gasteiger partial charge in [-0.1, -0.05) is 24.3 Å². The monoisotopic (exact) mass is 280 g/mol.